The highest BCUT2D eigenvalue weighted by molar-refractivity contribution is 5.99. The Morgan fingerprint density at radius 3 is 2.48 bits per heavy atom. The molecule has 1 saturated heterocycles. The third-order valence-electron chi connectivity index (χ3n) is 7.51. The summed E-state index contributed by atoms with van der Waals surface area (Å²) in [5.41, 5.74) is -0.0627. The summed E-state index contributed by atoms with van der Waals surface area (Å²) in [5.74, 6) is -1.66. The van der Waals surface area contributed by atoms with Crippen molar-refractivity contribution in [3.63, 3.8) is 0 Å². The Hall–Kier alpha value is -4.82. The lowest BCUT2D eigenvalue weighted by Gasteiger charge is -2.38. The van der Waals surface area contributed by atoms with Gasteiger partial charge in [-0.2, -0.15) is 5.21 Å². The van der Waals surface area contributed by atoms with Crippen LogP contribution >= 0.6 is 0 Å². The first-order valence-electron chi connectivity index (χ1n) is 13.8. The van der Waals surface area contributed by atoms with Crippen LogP contribution in [0.5, 0.6) is 5.75 Å². The number of pyridine rings is 1. The molecule has 3 aromatic rings. The Morgan fingerprint density at radius 2 is 1.86 bits per heavy atom. The molecule has 2 fully saturated rings. The van der Waals surface area contributed by atoms with E-state index in [0.717, 1.165) is 12.0 Å². The fourth-order valence-electron chi connectivity index (χ4n) is 5.00. The van der Waals surface area contributed by atoms with Crippen molar-refractivity contribution in [2.45, 2.75) is 51.2 Å². The number of nitrogens with one attached hydrogen (secondary N) is 2. The first-order chi connectivity index (χ1) is 20.2. The first kappa shape index (κ1) is 28.7. The summed E-state index contributed by atoms with van der Waals surface area (Å²) >= 11 is 0. The standard InChI is InChI=1S/C27H32N8O7/c1-3-41-26(40)35-11-9-34(10-12-35)24(37)20(15-22-30-32-33-31-22)29-23(36)19-14-21(42-27(25(38)39)7-4-8-27)17-6-5-16(2)13-18(17)28-19/h5-6,13-14,20H,3-4,7-12,15H2,1-2H3,(H,29,36)(H,38,39)(H,30,31,32,33). The normalized spacial score (nSPS) is 16.8. The highest BCUT2D eigenvalue weighted by Gasteiger charge is 2.47. The number of ether oxygens (including phenoxy) is 2. The number of aryl methyl sites for hydroxylation is 1. The van der Waals surface area contributed by atoms with E-state index in [1.807, 2.05) is 13.0 Å². The van der Waals surface area contributed by atoms with Crippen LogP contribution in [0.2, 0.25) is 0 Å². The second-order valence-electron chi connectivity index (χ2n) is 10.4. The van der Waals surface area contributed by atoms with Gasteiger partial charge in [0.15, 0.2) is 5.82 Å². The lowest BCUT2D eigenvalue weighted by atomic mass is 9.80. The van der Waals surface area contributed by atoms with E-state index in [1.165, 1.54) is 11.0 Å². The average Bonchev–Trinajstić information content (AvgIpc) is 3.47. The number of piperazine rings is 1. The number of aromatic nitrogens is 5. The van der Waals surface area contributed by atoms with Crippen LogP contribution in [0.4, 0.5) is 4.79 Å². The molecule has 0 radical (unpaired) electrons. The number of amides is 3. The van der Waals surface area contributed by atoms with Crippen LogP contribution in [0.3, 0.4) is 0 Å². The maximum Gasteiger partial charge on any atom is 0.409 e. The number of nitrogens with zero attached hydrogens (tertiary/aromatic N) is 6. The highest BCUT2D eigenvalue weighted by atomic mass is 16.6. The lowest BCUT2D eigenvalue weighted by Crippen LogP contribution is -2.56. The molecule has 1 unspecified atom stereocenters. The van der Waals surface area contributed by atoms with Gasteiger partial charge in [0.25, 0.3) is 5.91 Å². The average molecular weight is 581 g/mol. The molecule has 0 spiro atoms. The second kappa shape index (κ2) is 12.0. The summed E-state index contributed by atoms with van der Waals surface area (Å²) in [6, 6.07) is 5.75. The third kappa shape index (κ3) is 5.94. The molecular formula is C27H32N8O7. The van der Waals surface area contributed by atoms with Crippen molar-refractivity contribution >= 4 is 34.8 Å². The molecule has 3 N–H and O–H groups in total. The second-order valence-corrected chi connectivity index (χ2v) is 10.4. The number of carbonyl (C=O) groups is 4. The van der Waals surface area contributed by atoms with Crippen LogP contribution < -0.4 is 10.1 Å². The van der Waals surface area contributed by atoms with Crippen molar-refractivity contribution in [1.29, 1.82) is 0 Å². The molecule has 1 aromatic carbocycles. The number of hydrogen-bond donors (Lipinski definition) is 3. The third-order valence-corrected chi connectivity index (χ3v) is 7.51. The van der Waals surface area contributed by atoms with Gasteiger partial charge < -0.3 is 29.7 Å². The number of hydrogen-bond acceptors (Lipinski definition) is 10. The van der Waals surface area contributed by atoms with E-state index < -0.39 is 29.6 Å². The molecule has 1 atom stereocenters. The maximum absolute atomic E-state index is 13.6. The number of benzene rings is 1. The predicted octanol–water partition coefficient (Wildman–Crippen LogP) is 1.08. The van der Waals surface area contributed by atoms with Gasteiger partial charge in [0.2, 0.25) is 11.5 Å². The van der Waals surface area contributed by atoms with Crippen molar-refractivity contribution in [2.24, 2.45) is 0 Å². The SMILES string of the molecule is CCOC(=O)N1CCN(C(=O)C(Cc2nn[nH]n2)NC(=O)c2cc(OC3(C(=O)O)CCC3)c3ccc(C)cc3n2)CC1. The number of aromatic amines is 1. The Bertz CT molecular complexity index is 1480. The van der Waals surface area contributed by atoms with Gasteiger partial charge in [0.1, 0.15) is 17.5 Å². The fourth-order valence-corrected chi connectivity index (χ4v) is 5.00. The van der Waals surface area contributed by atoms with Gasteiger partial charge in [-0.15, -0.1) is 10.2 Å². The number of aliphatic carboxylic acids is 1. The van der Waals surface area contributed by atoms with Gasteiger partial charge in [-0.3, -0.25) is 9.59 Å². The minimum Gasteiger partial charge on any atom is -0.478 e. The van der Waals surface area contributed by atoms with Gasteiger partial charge >= 0.3 is 12.1 Å². The number of fused-ring (bicyclic) bond motifs is 1. The maximum atomic E-state index is 13.6. The Morgan fingerprint density at radius 1 is 1.12 bits per heavy atom. The van der Waals surface area contributed by atoms with E-state index in [9.17, 15) is 24.3 Å². The summed E-state index contributed by atoms with van der Waals surface area (Å²) < 4.78 is 11.1. The van der Waals surface area contributed by atoms with E-state index in [1.54, 1.807) is 24.0 Å². The monoisotopic (exact) mass is 580 g/mol. The highest BCUT2D eigenvalue weighted by Crippen LogP contribution is 2.39. The smallest absolute Gasteiger partial charge is 0.409 e. The number of carbonyl (C=O) groups excluding carboxylic acids is 3. The summed E-state index contributed by atoms with van der Waals surface area (Å²) in [7, 11) is 0. The van der Waals surface area contributed by atoms with Gasteiger partial charge in [-0.25, -0.2) is 14.6 Å². The zero-order chi connectivity index (χ0) is 29.9. The fraction of sp³-hybridized carbons (Fsp3) is 0.481. The molecule has 5 rings (SSSR count). The van der Waals surface area contributed by atoms with Crippen molar-refractivity contribution in [1.82, 2.24) is 40.7 Å². The molecule has 3 heterocycles. The molecule has 15 nitrogen and oxygen atoms in total. The number of carboxylic acid groups (broad SMARTS) is 1. The molecule has 3 amide bonds. The van der Waals surface area contributed by atoms with Crippen LogP contribution in [0, 0.1) is 6.92 Å². The molecule has 1 saturated carbocycles. The van der Waals surface area contributed by atoms with Gasteiger partial charge in [0, 0.05) is 44.1 Å². The molecule has 42 heavy (non-hydrogen) atoms. The van der Waals surface area contributed by atoms with Crippen molar-refractivity contribution in [2.75, 3.05) is 32.8 Å². The predicted molar refractivity (Wildman–Crippen MR) is 146 cm³/mol. The topological polar surface area (TPSA) is 193 Å². The molecule has 15 heteroatoms. The molecule has 2 aromatic heterocycles. The summed E-state index contributed by atoms with van der Waals surface area (Å²) in [4.78, 5) is 58.9. The van der Waals surface area contributed by atoms with E-state index >= 15 is 0 Å². The number of rotatable bonds is 9. The molecule has 222 valence electrons. The van der Waals surface area contributed by atoms with Gasteiger partial charge in [0.05, 0.1) is 12.1 Å². The van der Waals surface area contributed by atoms with E-state index in [2.05, 4.69) is 30.9 Å². The molecule has 1 aliphatic heterocycles. The number of H-pyrrole nitrogens is 1. The first-order valence-corrected chi connectivity index (χ1v) is 13.8. The van der Waals surface area contributed by atoms with Crippen LogP contribution in [0.25, 0.3) is 10.9 Å². The number of carboxylic acids is 1. The lowest BCUT2D eigenvalue weighted by molar-refractivity contribution is -0.163. The van der Waals surface area contributed by atoms with Crippen LogP contribution in [-0.4, -0.2) is 109 Å². The zero-order valence-corrected chi connectivity index (χ0v) is 23.3. The Balaban J connectivity index is 1.39. The number of tetrazole rings is 1. The summed E-state index contributed by atoms with van der Waals surface area (Å²) in [5, 5.41) is 26.9. The molecular weight excluding hydrogens is 548 g/mol. The van der Waals surface area contributed by atoms with Crippen LogP contribution in [0.1, 0.15) is 48.1 Å². The van der Waals surface area contributed by atoms with Crippen molar-refractivity contribution < 1.29 is 33.8 Å². The van der Waals surface area contributed by atoms with E-state index in [4.69, 9.17) is 9.47 Å². The Kier molecular flexibility index (Phi) is 8.17. The minimum atomic E-state index is -1.37. The van der Waals surface area contributed by atoms with Crippen LogP contribution in [-0.2, 0) is 20.7 Å². The molecule has 0 bridgehead atoms. The quantitative estimate of drug-likeness (QED) is 0.328. The minimum absolute atomic E-state index is 0.0407. The zero-order valence-electron chi connectivity index (χ0n) is 23.3. The summed E-state index contributed by atoms with van der Waals surface area (Å²) in [6.45, 7) is 4.92. The van der Waals surface area contributed by atoms with E-state index in [-0.39, 0.29) is 62.4 Å². The Labute approximate surface area is 240 Å². The van der Waals surface area contributed by atoms with Crippen molar-refractivity contribution in [3.8, 4) is 5.75 Å². The molecule has 2 aliphatic rings. The van der Waals surface area contributed by atoms with Crippen LogP contribution in [0.15, 0.2) is 24.3 Å². The van der Waals surface area contributed by atoms with Gasteiger partial charge in [-0.1, -0.05) is 11.3 Å². The van der Waals surface area contributed by atoms with Crippen molar-refractivity contribution in [3.05, 3.63) is 41.3 Å². The molecule has 1 aliphatic carbocycles. The van der Waals surface area contributed by atoms with E-state index in [0.29, 0.717) is 23.7 Å². The van der Waals surface area contributed by atoms with Gasteiger partial charge in [-0.05, 0) is 50.8 Å². The summed E-state index contributed by atoms with van der Waals surface area (Å²) in [6.07, 6.45) is 0.935. The largest absolute Gasteiger partial charge is 0.478 e.